The van der Waals surface area contributed by atoms with Gasteiger partial charge in [-0.1, -0.05) is 78.9 Å². The van der Waals surface area contributed by atoms with Gasteiger partial charge >= 0.3 is 0 Å². The molecule has 0 saturated heterocycles. The Kier molecular flexibility index (Phi) is 3.79. The van der Waals surface area contributed by atoms with Crippen LogP contribution >= 0.6 is 0 Å². The Labute approximate surface area is 146 Å². The van der Waals surface area contributed by atoms with Crippen LogP contribution in [-0.2, 0) is 0 Å². The van der Waals surface area contributed by atoms with Crippen molar-refractivity contribution in [3.63, 3.8) is 0 Å². The van der Waals surface area contributed by atoms with Crippen LogP contribution in [0.4, 0.5) is 0 Å². The minimum absolute atomic E-state index is 0.0251. The van der Waals surface area contributed by atoms with Gasteiger partial charge < -0.3 is 5.11 Å². The van der Waals surface area contributed by atoms with Gasteiger partial charge in [-0.05, 0) is 33.5 Å². The maximum atomic E-state index is 11.4. The predicted molar refractivity (Wildman–Crippen MR) is 102 cm³/mol. The van der Waals surface area contributed by atoms with Gasteiger partial charge in [-0.2, -0.15) is 0 Å². The lowest BCUT2D eigenvalue weighted by atomic mass is 9.89. The molecule has 4 aromatic carbocycles. The fraction of sp³-hybridized carbons (Fsp3) is 0. The van der Waals surface area contributed by atoms with E-state index in [4.69, 9.17) is 0 Å². The molecule has 0 amide bonds. The van der Waals surface area contributed by atoms with E-state index in [-0.39, 0.29) is 5.75 Å². The minimum atomic E-state index is 0.0251. The van der Waals surface area contributed by atoms with Gasteiger partial charge in [0.25, 0.3) is 0 Å². The summed E-state index contributed by atoms with van der Waals surface area (Å²) in [5, 5.41) is 12.6. The lowest BCUT2D eigenvalue weighted by molar-refractivity contribution is 0.112. The van der Waals surface area contributed by atoms with Crippen molar-refractivity contribution in [3.8, 4) is 28.0 Å². The highest BCUT2D eigenvalue weighted by atomic mass is 16.3. The molecule has 0 aliphatic carbocycles. The summed E-state index contributed by atoms with van der Waals surface area (Å²) in [6, 6.07) is 27.5. The minimum Gasteiger partial charge on any atom is -0.507 e. The van der Waals surface area contributed by atoms with Crippen LogP contribution in [0.25, 0.3) is 33.0 Å². The average Bonchev–Trinajstić information content (AvgIpc) is 2.68. The Morgan fingerprint density at radius 2 is 1.36 bits per heavy atom. The van der Waals surface area contributed by atoms with Crippen molar-refractivity contribution in [2.45, 2.75) is 0 Å². The maximum absolute atomic E-state index is 11.4. The molecule has 25 heavy (non-hydrogen) atoms. The molecule has 0 saturated carbocycles. The number of hydrogen-bond acceptors (Lipinski definition) is 2. The molecular weight excluding hydrogens is 308 g/mol. The summed E-state index contributed by atoms with van der Waals surface area (Å²) in [5.74, 6) is 0.0251. The SMILES string of the molecule is O=Cc1cc2ccccc2c(-c2ccccc2-c2ccccc2)c1O. The molecule has 0 radical (unpaired) electrons. The number of rotatable bonds is 3. The Bertz CT molecular complexity index is 1070. The van der Waals surface area contributed by atoms with Crippen LogP contribution in [0.5, 0.6) is 5.75 Å². The van der Waals surface area contributed by atoms with Gasteiger partial charge in [0.05, 0.1) is 5.56 Å². The molecule has 0 aromatic heterocycles. The third kappa shape index (κ3) is 2.58. The van der Waals surface area contributed by atoms with Crippen molar-refractivity contribution < 1.29 is 9.90 Å². The van der Waals surface area contributed by atoms with E-state index in [0.717, 1.165) is 27.5 Å². The summed E-state index contributed by atoms with van der Waals surface area (Å²) >= 11 is 0. The normalized spacial score (nSPS) is 10.7. The van der Waals surface area contributed by atoms with Crippen LogP contribution in [0.3, 0.4) is 0 Å². The zero-order valence-electron chi connectivity index (χ0n) is 13.5. The molecule has 0 bridgehead atoms. The fourth-order valence-corrected chi connectivity index (χ4v) is 3.29. The molecule has 4 rings (SSSR count). The number of phenolic OH excluding ortho intramolecular Hbond substituents is 1. The van der Waals surface area contributed by atoms with Crippen molar-refractivity contribution in [1.82, 2.24) is 0 Å². The van der Waals surface area contributed by atoms with Gasteiger partial charge in [-0.15, -0.1) is 0 Å². The van der Waals surface area contributed by atoms with E-state index >= 15 is 0 Å². The number of fused-ring (bicyclic) bond motifs is 1. The van der Waals surface area contributed by atoms with Gasteiger partial charge in [0, 0.05) is 5.56 Å². The molecule has 0 unspecified atom stereocenters. The van der Waals surface area contributed by atoms with Crippen LogP contribution in [-0.4, -0.2) is 11.4 Å². The van der Waals surface area contributed by atoms with Crippen molar-refractivity contribution in [3.05, 3.63) is 90.5 Å². The zero-order chi connectivity index (χ0) is 17.2. The Balaban J connectivity index is 2.10. The van der Waals surface area contributed by atoms with E-state index in [1.807, 2.05) is 78.9 Å². The molecule has 0 aliphatic heterocycles. The molecule has 2 heteroatoms. The number of phenols is 1. The highest BCUT2D eigenvalue weighted by Gasteiger charge is 2.17. The summed E-state index contributed by atoms with van der Waals surface area (Å²) in [4.78, 5) is 11.4. The van der Waals surface area contributed by atoms with Crippen LogP contribution in [0.15, 0.2) is 84.9 Å². The number of aromatic hydroxyl groups is 1. The second-order valence-corrected chi connectivity index (χ2v) is 5.94. The van der Waals surface area contributed by atoms with Crippen LogP contribution < -0.4 is 0 Å². The average molecular weight is 324 g/mol. The van der Waals surface area contributed by atoms with Gasteiger partial charge in [-0.3, -0.25) is 4.79 Å². The molecule has 2 nitrogen and oxygen atoms in total. The van der Waals surface area contributed by atoms with E-state index in [9.17, 15) is 9.90 Å². The molecule has 120 valence electrons. The van der Waals surface area contributed by atoms with Crippen LogP contribution in [0.1, 0.15) is 10.4 Å². The number of aldehydes is 1. The van der Waals surface area contributed by atoms with Crippen molar-refractivity contribution in [1.29, 1.82) is 0 Å². The second kappa shape index (κ2) is 6.25. The molecule has 0 heterocycles. The topological polar surface area (TPSA) is 37.3 Å². The molecule has 0 aliphatic rings. The summed E-state index contributed by atoms with van der Waals surface area (Å²) in [6.07, 6.45) is 0.705. The maximum Gasteiger partial charge on any atom is 0.153 e. The third-order valence-corrected chi connectivity index (χ3v) is 4.46. The largest absolute Gasteiger partial charge is 0.507 e. The number of hydrogen-bond donors (Lipinski definition) is 1. The van der Waals surface area contributed by atoms with E-state index in [1.165, 1.54) is 0 Å². The smallest absolute Gasteiger partial charge is 0.153 e. The monoisotopic (exact) mass is 324 g/mol. The first-order chi connectivity index (χ1) is 12.3. The quantitative estimate of drug-likeness (QED) is 0.491. The summed E-state index contributed by atoms with van der Waals surface area (Å²) in [5.41, 5.74) is 3.99. The van der Waals surface area contributed by atoms with E-state index in [2.05, 4.69) is 0 Å². The first-order valence-electron chi connectivity index (χ1n) is 8.14. The molecule has 0 atom stereocenters. The molecule has 1 N–H and O–H groups in total. The zero-order valence-corrected chi connectivity index (χ0v) is 13.5. The number of carbonyl (C=O) groups is 1. The number of benzene rings is 4. The van der Waals surface area contributed by atoms with Gasteiger partial charge in [0.15, 0.2) is 6.29 Å². The van der Waals surface area contributed by atoms with E-state index in [0.29, 0.717) is 17.4 Å². The first kappa shape index (κ1) is 15.2. The molecular formula is C23H16O2. The van der Waals surface area contributed by atoms with Gasteiger partial charge in [0.2, 0.25) is 0 Å². The van der Waals surface area contributed by atoms with Gasteiger partial charge in [-0.25, -0.2) is 0 Å². The van der Waals surface area contributed by atoms with Crippen LogP contribution in [0.2, 0.25) is 0 Å². The predicted octanol–water partition coefficient (Wildman–Crippen LogP) is 5.69. The summed E-state index contributed by atoms with van der Waals surface area (Å²) in [7, 11) is 0. The van der Waals surface area contributed by atoms with Gasteiger partial charge in [0.1, 0.15) is 5.75 Å². The Morgan fingerprint density at radius 1 is 0.720 bits per heavy atom. The highest BCUT2D eigenvalue weighted by molar-refractivity contribution is 6.07. The fourth-order valence-electron chi connectivity index (χ4n) is 3.29. The van der Waals surface area contributed by atoms with E-state index in [1.54, 1.807) is 6.07 Å². The first-order valence-corrected chi connectivity index (χ1v) is 8.14. The van der Waals surface area contributed by atoms with E-state index < -0.39 is 0 Å². The highest BCUT2D eigenvalue weighted by Crippen LogP contribution is 2.42. The molecule has 4 aromatic rings. The lowest BCUT2D eigenvalue weighted by Crippen LogP contribution is -1.91. The summed E-state index contributed by atoms with van der Waals surface area (Å²) < 4.78 is 0. The van der Waals surface area contributed by atoms with Crippen molar-refractivity contribution in [2.75, 3.05) is 0 Å². The Morgan fingerprint density at radius 3 is 2.12 bits per heavy atom. The molecule has 0 spiro atoms. The Hall–Kier alpha value is -3.39. The summed E-state index contributed by atoms with van der Waals surface area (Å²) in [6.45, 7) is 0. The van der Waals surface area contributed by atoms with Crippen molar-refractivity contribution in [2.24, 2.45) is 0 Å². The van der Waals surface area contributed by atoms with Crippen molar-refractivity contribution >= 4 is 17.1 Å². The molecule has 0 fully saturated rings. The standard InChI is InChI=1S/C23H16O2/c24-15-18-14-17-10-4-5-12-20(17)22(23(18)25)21-13-7-6-11-19(21)16-8-2-1-3-9-16/h1-15,25H. The second-order valence-electron chi connectivity index (χ2n) is 5.94. The third-order valence-electron chi connectivity index (χ3n) is 4.46. The lowest BCUT2D eigenvalue weighted by Gasteiger charge is -2.15. The number of carbonyl (C=O) groups excluding carboxylic acids is 1. The van der Waals surface area contributed by atoms with Crippen LogP contribution in [0, 0.1) is 0 Å².